The minimum Gasteiger partial charge on any atom is -0.383 e. The molecule has 0 spiro atoms. The van der Waals surface area contributed by atoms with E-state index in [2.05, 4.69) is 16.0 Å². The van der Waals surface area contributed by atoms with Gasteiger partial charge in [-0.25, -0.2) is 0 Å². The molecule has 0 unspecified atom stereocenters. The summed E-state index contributed by atoms with van der Waals surface area (Å²) in [7, 11) is 3.20. The smallest absolute Gasteiger partial charge is 0.251 e. The van der Waals surface area contributed by atoms with Crippen molar-refractivity contribution in [3.05, 3.63) is 35.4 Å². The Morgan fingerprint density at radius 3 is 2.45 bits per heavy atom. The Labute approximate surface area is 118 Å². The first-order valence-corrected chi connectivity index (χ1v) is 6.49. The molecule has 0 atom stereocenters. The molecule has 0 saturated heterocycles. The fraction of sp³-hybridized carbons (Fsp3) is 0.429. The van der Waals surface area contributed by atoms with E-state index in [4.69, 9.17) is 4.74 Å². The summed E-state index contributed by atoms with van der Waals surface area (Å²) in [6, 6.07) is 6.62. The average Bonchev–Trinajstić information content (AvgIpc) is 2.49. The maximum absolute atomic E-state index is 11.9. The summed E-state index contributed by atoms with van der Waals surface area (Å²) in [6.45, 7) is 2.58. The highest BCUT2D eigenvalue weighted by Crippen LogP contribution is 2.05. The number of methoxy groups -OCH3 is 1. The van der Waals surface area contributed by atoms with E-state index in [1.807, 2.05) is 0 Å². The van der Waals surface area contributed by atoms with E-state index in [0.29, 0.717) is 30.8 Å². The number of nitrogens with one attached hydrogen (secondary N) is 3. The Hall–Kier alpha value is -1.92. The van der Waals surface area contributed by atoms with Gasteiger partial charge in [-0.1, -0.05) is 6.07 Å². The van der Waals surface area contributed by atoms with Crippen molar-refractivity contribution in [1.82, 2.24) is 16.0 Å². The third-order valence-electron chi connectivity index (χ3n) is 2.68. The molecule has 2 amide bonds. The van der Waals surface area contributed by atoms with E-state index < -0.39 is 0 Å². The number of ether oxygens (including phenoxy) is 1. The van der Waals surface area contributed by atoms with Crippen molar-refractivity contribution in [3.63, 3.8) is 0 Å². The normalized spacial score (nSPS) is 10.1. The van der Waals surface area contributed by atoms with Gasteiger partial charge in [0.2, 0.25) is 0 Å². The Balaban J connectivity index is 2.41. The third kappa shape index (κ3) is 5.38. The van der Waals surface area contributed by atoms with Gasteiger partial charge in [0.1, 0.15) is 0 Å². The number of benzene rings is 1. The van der Waals surface area contributed by atoms with Gasteiger partial charge in [-0.05, 0) is 18.2 Å². The van der Waals surface area contributed by atoms with Crippen molar-refractivity contribution in [1.29, 1.82) is 0 Å². The van der Waals surface area contributed by atoms with Crippen LogP contribution in [0.25, 0.3) is 0 Å². The van der Waals surface area contributed by atoms with E-state index in [9.17, 15) is 9.59 Å². The minimum absolute atomic E-state index is 0.190. The number of hydrogen-bond acceptors (Lipinski definition) is 4. The Morgan fingerprint density at radius 2 is 1.80 bits per heavy atom. The summed E-state index contributed by atoms with van der Waals surface area (Å²) in [4.78, 5) is 23.4. The van der Waals surface area contributed by atoms with Gasteiger partial charge in [0.05, 0.1) is 6.61 Å². The molecule has 0 heterocycles. The molecule has 20 heavy (non-hydrogen) atoms. The predicted molar refractivity (Wildman–Crippen MR) is 76.9 cm³/mol. The second kappa shape index (κ2) is 9.06. The second-order valence-electron chi connectivity index (χ2n) is 4.16. The van der Waals surface area contributed by atoms with Crippen LogP contribution in [-0.2, 0) is 4.74 Å². The lowest BCUT2D eigenvalue weighted by Gasteiger charge is -2.07. The molecule has 0 aliphatic carbocycles. The van der Waals surface area contributed by atoms with Crippen LogP contribution >= 0.6 is 0 Å². The van der Waals surface area contributed by atoms with Crippen LogP contribution in [0, 0.1) is 0 Å². The largest absolute Gasteiger partial charge is 0.383 e. The molecule has 6 heteroatoms. The van der Waals surface area contributed by atoms with Crippen molar-refractivity contribution < 1.29 is 14.3 Å². The molecule has 110 valence electrons. The van der Waals surface area contributed by atoms with E-state index in [1.54, 1.807) is 38.4 Å². The Bertz CT molecular complexity index is 449. The van der Waals surface area contributed by atoms with Gasteiger partial charge in [0.25, 0.3) is 11.8 Å². The molecule has 3 N–H and O–H groups in total. The lowest BCUT2D eigenvalue weighted by Crippen LogP contribution is -2.33. The molecule has 0 aliphatic rings. The molecule has 0 aliphatic heterocycles. The van der Waals surface area contributed by atoms with Crippen LogP contribution in [0.1, 0.15) is 20.7 Å². The summed E-state index contributed by atoms with van der Waals surface area (Å²) >= 11 is 0. The maximum atomic E-state index is 11.9. The van der Waals surface area contributed by atoms with E-state index in [-0.39, 0.29) is 11.8 Å². The predicted octanol–water partition coefficient (Wildman–Crippen LogP) is 0.0120. The van der Waals surface area contributed by atoms with Crippen LogP contribution in [0.2, 0.25) is 0 Å². The lowest BCUT2D eigenvalue weighted by molar-refractivity contribution is 0.0953. The molecule has 0 fully saturated rings. The molecule has 0 radical (unpaired) electrons. The van der Waals surface area contributed by atoms with Crippen LogP contribution in [0.4, 0.5) is 0 Å². The van der Waals surface area contributed by atoms with E-state index in [0.717, 1.165) is 6.54 Å². The van der Waals surface area contributed by atoms with Crippen molar-refractivity contribution >= 4 is 11.8 Å². The van der Waals surface area contributed by atoms with Gasteiger partial charge < -0.3 is 20.7 Å². The summed E-state index contributed by atoms with van der Waals surface area (Å²) in [5.41, 5.74) is 0.946. The van der Waals surface area contributed by atoms with Gasteiger partial charge in [-0.15, -0.1) is 0 Å². The van der Waals surface area contributed by atoms with Crippen LogP contribution in [0.3, 0.4) is 0 Å². The zero-order chi connectivity index (χ0) is 14.8. The Morgan fingerprint density at radius 1 is 1.10 bits per heavy atom. The average molecular weight is 279 g/mol. The molecule has 0 aromatic heterocycles. The standard InChI is InChI=1S/C14H21N3O3/c1-15-13(18)11-4-3-5-12(10-11)14(19)17-7-6-16-8-9-20-2/h3-5,10,16H,6-9H2,1-2H3,(H,15,18)(H,17,19). The molecule has 1 aromatic rings. The molecule has 1 aromatic carbocycles. The maximum Gasteiger partial charge on any atom is 0.251 e. The number of hydrogen-bond donors (Lipinski definition) is 3. The SMILES string of the molecule is CNC(=O)c1cccc(C(=O)NCCNCCOC)c1. The zero-order valence-corrected chi connectivity index (χ0v) is 11.9. The lowest BCUT2D eigenvalue weighted by atomic mass is 10.1. The fourth-order valence-corrected chi connectivity index (χ4v) is 1.61. The molecule has 1 rings (SSSR count). The molecule has 6 nitrogen and oxygen atoms in total. The number of rotatable bonds is 8. The number of carbonyl (C=O) groups excluding carboxylic acids is 2. The van der Waals surface area contributed by atoms with Crippen molar-refractivity contribution in [2.75, 3.05) is 40.4 Å². The first-order valence-electron chi connectivity index (χ1n) is 6.49. The highest BCUT2D eigenvalue weighted by atomic mass is 16.5. The minimum atomic E-state index is -0.208. The first-order chi connectivity index (χ1) is 9.69. The monoisotopic (exact) mass is 279 g/mol. The number of amides is 2. The van der Waals surface area contributed by atoms with E-state index >= 15 is 0 Å². The topological polar surface area (TPSA) is 79.5 Å². The van der Waals surface area contributed by atoms with Gasteiger partial charge in [-0.3, -0.25) is 9.59 Å². The van der Waals surface area contributed by atoms with Crippen LogP contribution in [0.5, 0.6) is 0 Å². The van der Waals surface area contributed by atoms with Crippen molar-refractivity contribution in [3.8, 4) is 0 Å². The zero-order valence-electron chi connectivity index (χ0n) is 11.9. The van der Waals surface area contributed by atoms with Gasteiger partial charge >= 0.3 is 0 Å². The quantitative estimate of drug-likeness (QED) is 0.586. The summed E-state index contributed by atoms with van der Waals surface area (Å²) < 4.78 is 4.90. The van der Waals surface area contributed by atoms with Crippen LogP contribution in [0.15, 0.2) is 24.3 Å². The molecule has 0 bridgehead atoms. The van der Waals surface area contributed by atoms with Crippen LogP contribution < -0.4 is 16.0 Å². The van der Waals surface area contributed by atoms with Gasteiger partial charge in [0.15, 0.2) is 0 Å². The summed E-state index contributed by atoms with van der Waals surface area (Å²) in [5.74, 6) is -0.398. The van der Waals surface area contributed by atoms with Crippen molar-refractivity contribution in [2.24, 2.45) is 0 Å². The molecular weight excluding hydrogens is 258 g/mol. The second-order valence-corrected chi connectivity index (χ2v) is 4.16. The summed E-state index contributed by atoms with van der Waals surface area (Å²) in [5, 5.41) is 8.44. The van der Waals surface area contributed by atoms with Crippen molar-refractivity contribution in [2.45, 2.75) is 0 Å². The fourth-order valence-electron chi connectivity index (χ4n) is 1.61. The molecule has 0 saturated carbocycles. The molecular formula is C14H21N3O3. The highest BCUT2D eigenvalue weighted by Gasteiger charge is 2.08. The van der Waals surface area contributed by atoms with Gasteiger partial charge in [0, 0.05) is 44.9 Å². The summed E-state index contributed by atoms with van der Waals surface area (Å²) in [6.07, 6.45) is 0. The van der Waals surface area contributed by atoms with Gasteiger partial charge in [-0.2, -0.15) is 0 Å². The first kappa shape index (κ1) is 16.1. The third-order valence-corrected chi connectivity index (χ3v) is 2.68. The van der Waals surface area contributed by atoms with E-state index in [1.165, 1.54) is 0 Å². The highest BCUT2D eigenvalue weighted by molar-refractivity contribution is 5.99. The Kier molecular flexibility index (Phi) is 7.31. The van der Waals surface area contributed by atoms with Crippen LogP contribution in [-0.4, -0.2) is 52.2 Å². The number of carbonyl (C=O) groups is 2.